The summed E-state index contributed by atoms with van der Waals surface area (Å²) < 4.78 is 26.6. The second-order valence-electron chi connectivity index (χ2n) is 20.4. The molecule has 5 heterocycles. The van der Waals surface area contributed by atoms with Crippen LogP contribution in [0.15, 0.2) is 131 Å². The maximum absolute atomic E-state index is 10.3. The van der Waals surface area contributed by atoms with E-state index in [-0.39, 0.29) is 12.0 Å². The van der Waals surface area contributed by atoms with Gasteiger partial charge >= 0.3 is 0 Å². The summed E-state index contributed by atoms with van der Waals surface area (Å²) in [5, 5.41) is 18.1. The zero-order valence-corrected chi connectivity index (χ0v) is 43.8. The Labute approximate surface area is 440 Å². The molecule has 10 rings (SSSR count). The number of unbranched alkanes of at least 4 members (excludes halogenated alkanes) is 2. The Balaban J connectivity index is 0.939. The molecule has 7 aromatic rings. The molecule has 3 atom stereocenters. The second-order valence-corrected chi connectivity index (χ2v) is 21.7. The van der Waals surface area contributed by atoms with Crippen LogP contribution in [0.3, 0.4) is 0 Å². The summed E-state index contributed by atoms with van der Waals surface area (Å²) in [5.74, 6) is 2.31. The Kier molecular flexibility index (Phi) is 16.8. The van der Waals surface area contributed by atoms with Gasteiger partial charge in [0.25, 0.3) is 0 Å². The Morgan fingerprint density at radius 3 is 1.83 bits per heavy atom. The third kappa shape index (κ3) is 12.0. The van der Waals surface area contributed by atoms with Crippen LogP contribution in [0, 0.1) is 5.92 Å². The van der Waals surface area contributed by atoms with Gasteiger partial charge in [-0.1, -0.05) is 71.2 Å². The molecule has 0 saturated carbocycles. The van der Waals surface area contributed by atoms with Gasteiger partial charge in [0, 0.05) is 107 Å². The average Bonchev–Trinajstić information content (AvgIpc) is 4.04. The fraction of sp³-hybridized carbons (Fsp3) is 0.433. The van der Waals surface area contributed by atoms with E-state index >= 15 is 0 Å². The molecule has 3 unspecified atom stereocenters. The van der Waals surface area contributed by atoms with Crippen molar-refractivity contribution in [3.05, 3.63) is 142 Å². The minimum Gasteiger partial charge on any atom is -0.493 e. The van der Waals surface area contributed by atoms with E-state index in [4.69, 9.17) is 53.1 Å². The number of aliphatic hydroxyl groups is 1. The van der Waals surface area contributed by atoms with Crippen LogP contribution in [0.5, 0.6) is 11.5 Å². The lowest BCUT2D eigenvalue weighted by atomic mass is 9.79. The molecule has 0 amide bonds. The van der Waals surface area contributed by atoms with Crippen LogP contribution in [0.2, 0.25) is 15.1 Å². The molecular weight excluding hydrogens is 963 g/mol. The van der Waals surface area contributed by atoms with Crippen molar-refractivity contribution in [2.45, 2.75) is 94.9 Å². The van der Waals surface area contributed by atoms with Gasteiger partial charge < -0.3 is 33.6 Å². The van der Waals surface area contributed by atoms with Crippen LogP contribution in [0.1, 0.15) is 82.6 Å². The van der Waals surface area contributed by atoms with Crippen LogP contribution < -0.4 is 14.8 Å². The first-order valence-corrected chi connectivity index (χ1v) is 27.5. The number of hydrogen-bond acceptors (Lipinski definition) is 9. The summed E-state index contributed by atoms with van der Waals surface area (Å²) in [6.45, 7) is 11.8. The number of aliphatic hydroxyl groups excluding tert-OH is 1. The van der Waals surface area contributed by atoms with Gasteiger partial charge in [-0.3, -0.25) is 9.80 Å². The fourth-order valence-electron chi connectivity index (χ4n) is 11.8. The summed E-state index contributed by atoms with van der Waals surface area (Å²) in [6.07, 6.45) is 13.1. The van der Waals surface area contributed by atoms with E-state index < -0.39 is 5.72 Å². The van der Waals surface area contributed by atoms with Gasteiger partial charge in [-0.2, -0.15) is 0 Å². The summed E-state index contributed by atoms with van der Waals surface area (Å²) in [5.41, 5.74) is 6.28. The highest BCUT2D eigenvalue weighted by atomic mass is 35.5. The zero-order valence-electron chi connectivity index (χ0n) is 41.6. The number of hydrogen-bond donors (Lipinski definition) is 2. The van der Waals surface area contributed by atoms with E-state index in [9.17, 15) is 5.11 Å². The number of fused-ring (bicyclic) bond motifs is 2. The van der Waals surface area contributed by atoms with Gasteiger partial charge in [-0.05, 0) is 168 Å². The van der Waals surface area contributed by atoms with Crippen molar-refractivity contribution in [3.63, 3.8) is 0 Å². The van der Waals surface area contributed by atoms with Crippen LogP contribution >= 0.6 is 34.8 Å². The molecule has 2 N–H and O–H groups in total. The van der Waals surface area contributed by atoms with Gasteiger partial charge in [0.15, 0.2) is 5.72 Å². The summed E-state index contributed by atoms with van der Waals surface area (Å²) in [6, 6.07) is 37.3. The van der Waals surface area contributed by atoms with E-state index in [0.717, 1.165) is 171 Å². The SMILES string of the molecule is CC(C1CCNCC1)N1CCN(C(CCCCCOc2ccc3c(-c4ccc(Cl)cc4)coc3c2)(Oc2ccc3c(-c4ccc(Cl)cc4)coc3c2)C(CCCN2CCC(O)CC2)c2ccc(Cl)cc2)CC1. The number of piperidine rings is 2. The molecule has 12 heteroatoms. The Hall–Kier alpha value is -4.55. The number of nitrogens with zero attached hydrogens (tertiary/aromatic N) is 3. The summed E-state index contributed by atoms with van der Waals surface area (Å²) in [4.78, 5) is 7.97. The number of ether oxygens (including phenoxy) is 2. The third-order valence-electron chi connectivity index (χ3n) is 16.0. The molecule has 380 valence electrons. The standard InChI is InChI=1S/C60H69Cl3N4O5/c1-42(43-23-28-64-29-24-43)66-33-35-67(36-34-66)60(57(46-11-17-49(63)18-12-46)6-5-30-65-31-25-50(68)26-32-65,72-52-20-22-54-56(41-71-59(54)39-52)45-9-15-48(62)16-10-45)27-3-2-4-37-69-51-19-21-53-55(40-70-58(53)38-51)44-7-13-47(61)14-8-44/h7-22,38-43,50,57,64,68H,2-6,23-37H2,1H3. The van der Waals surface area contributed by atoms with Crippen molar-refractivity contribution in [2.75, 3.05) is 65.5 Å². The normalized spacial score (nSPS) is 18.6. The number of furan rings is 2. The van der Waals surface area contributed by atoms with Crippen LogP contribution in [-0.4, -0.2) is 103 Å². The molecule has 5 aromatic carbocycles. The monoisotopic (exact) mass is 1030 g/mol. The zero-order chi connectivity index (χ0) is 49.4. The van der Waals surface area contributed by atoms with E-state index in [1.54, 1.807) is 0 Å². The number of halogens is 3. The number of nitrogens with one attached hydrogen (secondary N) is 1. The smallest absolute Gasteiger partial charge is 0.170 e. The highest BCUT2D eigenvalue weighted by Gasteiger charge is 2.48. The van der Waals surface area contributed by atoms with Crippen molar-refractivity contribution < 1.29 is 23.4 Å². The lowest BCUT2D eigenvalue weighted by Crippen LogP contribution is -2.64. The van der Waals surface area contributed by atoms with Crippen LogP contribution in [-0.2, 0) is 0 Å². The number of benzene rings is 5. The molecule has 0 bridgehead atoms. The Bertz CT molecular complexity index is 2810. The minimum atomic E-state index is -0.706. The van der Waals surface area contributed by atoms with Gasteiger partial charge in [-0.15, -0.1) is 0 Å². The highest BCUT2D eigenvalue weighted by Crippen LogP contribution is 2.45. The molecule has 3 aliphatic heterocycles. The molecule has 0 radical (unpaired) electrons. The van der Waals surface area contributed by atoms with Crippen LogP contribution in [0.25, 0.3) is 44.2 Å². The van der Waals surface area contributed by atoms with Gasteiger partial charge in [0.05, 0.1) is 25.2 Å². The first-order chi connectivity index (χ1) is 35.2. The van der Waals surface area contributed by atoms with Crippen molar-refractivity contribution in [3.8, 4) is 33.8 Å². The lowest BCUT2D eigenvalue weighted by Gasteiger charge is -2.53. The fourth-order valence-corrected chi connectivity index (χ4v) is 12.2. The number of rotatable bonds is 20. The van der Waals surface area contributed by atoms with E-state index in [2.05, 4.69) is 63.3 Å². The number of likely N-dealkylation sites (tertiary alicyclic amines) is 1. The molecule has 72 heavy (non-hydrogen) atoms. The predicted molar refractivity (Wildman–Crippen MR) is 294 cm³/mol. The second kappa shape index (κ2) is 23.8. The van der Waals surface area contributed by atoms with Crippen molar-refractivity contribution in [2.24, 2.45) is 5.92 Å². The molecule has 3 saturated heterocycles. The minimum absolute atomic E-state index is 0.0181. The van der Waals surface area contributed by atoms with Crippen molar-refractivity contribution in [1.29, 1.82) is 0 Å². The number of piperazine rings is 1. The molecule has 2 aromatic heterocycles. The lowest BCUT2D eigenvalue weighted by molar-refractivity contribution is -0.134. The topological polar surface area (TPSA) is 86.7 Å². The molecule has 0 spiro atoms. The van der Waals surface area contributed by atoms with Gasteiger partial charge in [0.2, 0.25) is 0 Å². The molecule has 0 aliphatic carbocycles. The average molecular weight is 1030 g/mol. The van der Waals surface area contributed by atoms with Crippen molar-refractivity contribution in [1.82, 2.24) is 20.0 Å². The molecule has 9 nitrogen and oxygen atoms in total. The first kappa shape index (κ1) is 51.0. The van der Waals surface area contributed by atoms with Crippen molar-refractivity contribution >= 4 is 56.7 Å². The van der Waals surface area contributed by atoms with Crippen LogP contribution in [0.4, 0.5) is 0 Å². The summed E-state index contributed by atoms with van der Waals surface area (Å²) in [7, 11) is 0. The molecular formula is C60H69Cl3N4O5. The maximum atomic E-state index is 10.3. The summed E-state index contributed by atoms with van der Waals surface area (Å²) >= 11 is 19.1. The van der Waals surface area contributed by atoms with Gasteiger partial charge in [-0.25, -0.2) is 0 Å². The highest BCUT2D eigenvalue weighted by molar-refractivity contribution is 6.31. The van der Waals surface area contributed by atoms with E-state index in [0.29, 0.717) is 28.6 Å². The molecule has 3 fully saturated rings. The third-order valence-corrected chi connectivity index (χ3v) is 16.7. The first-order valence-electron chi connectivity index (χ1n) is 26.4. The Morgan fingerprint density at radius 1 is 0.653 bits per heavy atom. The van der Waals surface area contributed by atoms with Gasteiger partial charge in [0.1, 0.15) is 22.7 Å². The Morgan fingerprint density at radius 2 is 1.22 bits per heavy atom. The predicted octanol–water partition coefficient (Wildman–Crippen LogP) is 14.2. The maximum Gasteiger partial charge on any atom is 0.170 e. The molecule has 3 aliphatic rings. The van der Waals surface area contributed by atoms with E-state index in [1.165, 1.54) is 18.4 Å². The van der Waals surface area contributed by atoms with E-state index in [1.807, 2.05) is 85.3 Å². The quantitative estimate of drug-likeness (QED) is 0.0725. The largest absolute Gasteiger partial charge is 0.493 e.